The topological polar surface area (TPSA) is 51.7 Å². The first kappa shape index (κ1) is 21.7. The van der Waals surface area contributed by atoms with Gasteiger partial charge in [0.05, 0.1) is 5.92 Å². The second-order valence-electron chi connectivity index (χ2n) is 9.40. The van der Waals surface area contributed by atoms with Crippen LogP contribution in [-0.2, 0) is 11.3 Å². The van der Waals surface area contributed by atoms with Gasteiger partial charge >= 0.3 is 0 Å². The number of piperidine rings is 3. The molecule has 4 rings (SSSR count). The molecule has 0 spiro atoms. The van der Waals surface area contributed by atoms with Crippen molar-refractivity contribution >= 4 is 5.91 Å². The molecule has 30 heavy (non-hydrogen) atoms. The number of likely N-dealkylation sites (tertiary alicyclic amines) is 3. The van der Waals surface area contributed by atoms with Gasteiger partial charge in [-0.15, -0.1) is 0 Å². The molecule has 1 amide bonds. The average molecular weight is 414 g/mol. The average Bonchev–Trinajstić information content (AvgIpc) is 2.81. The number of nitrogens with zero attached hydrogens (tertiary/aromatic N) is 4. The molecule has 3 fully saturated rings. The Hall–Kier alpha value is -1.50. The van der Waals surface area contributed by atoms with Crippen molar-refractivity contribution < 1.29 is 4.79 Å². The van der Waals surface area contributed by atoms with Gasteiger partial charge in [0.15, 0.2) is 0 Å². The van der Waals surface area contributed by atoms with Crippen LogP contribution in [0.2, 0.25) is 0 Å². The number of nitrogens with one attached hydrogen (secondary N) is 1. The first-order chi connectivity index (χ1) is 14.8. The fourth-order valence-electron chi connectivity index (χ4n) is 5.41. The summed E-state index contributed by atoms with van der Waals surface area (Å²) in [5, 5.41) is 3.24. The lowest BCUT2D eigenvalue weighted by atomic mass is 9.93. The van der Waals surface area contributed by atoms with E-state index in [2.05, 4.69) is 31.1 Å². The van der Waals surface area contributed by atoms with Crippen LogP contribution in [0.4, 0.5) is 0 Å². The van der Waals surface area contributed by atoms with Crippen molar-refractivity contribution in [3.05, 3.63) is 30.1 Å². The van der Waals surface area contributed by atoms with Crippen LogP contribution in [0.5, 0.6) is 0 Å². The Morgan fingerprint density at radius 2 is 1.83 bits per heavy atom. The third kappa shape index (κ3) is 6.25. The van der Waals surface area contributed by atoms with Crippen molar-refractivity contribution in [2.24, 2.45) is 5.92 Å². The summed E-state index contributed by atoms with van der Waals surface area (Å²) in [4.78, 5) is 24.6. The van der Waals surface area contributed by atoms with Gasteiger partial charge in [-0.1, -0.05) is 12.5 Å². The van der Waals surface area contributed by atoms with E-state index in [9.17, 15) is 4.79 Å². The van der Waals surface area contributed by atoms with E-state index >= 15 is 0 Å². The van der Waals surface area contributed by atoms with E-state index in [1.54, 1.807) is 0 Å². The lowest BCUT2D eigenvalue weighted by Crippen LogP contribution is -2.51. The molecule has 3 aliphatic rings. The van der Waals surface area contributed by atoms with E-state index in [0.717, 1.165) is 58.7 Å². The van der Waals surface area contributed by atoms with Crippen LogP contribution in [0.3, 0.4) is 0 Å². The van der Waals surface area contributed by atoms with Gasteiger partial charge in [0.1, 0.15) is 0 Å². The van der Waals surface area contributed by atoms with Crippen molar-refractivity contribution in [3.8, 4) is 0 Å². The summed E-state index contributed by atoms with van der Waals surface area (Å²) in [5.74, 6) is 0.458. The largest absolute Gasteiger partial charge is 0.355 e. The smallest absolute Gasteiger partial charge is 0.224 e. The second-order valence-corrected chi connectivity index (χ2v) is 9.40. The Bertz CT molecular complexity index is 640. The molecule has 6 heteroatoms. The van der Waals surface area contributed by atoms with Crippen LogP contribution >= 0.6 is 0 Å². The minimum absolute atomic E-state index is 0.175. The monoisotopic (exact) mass is 413 g/mol. The van der Waals surface area contributed by atoms with Crippen LogP contribution in [0.15, 0.2) is 24.5 Å². The minimum Gasteiger partial charge on any atom is -0.355 e. The summed E-state index contributed by atoms with van der Waals surface area (Å²) < 4.78 is 0. The number of pyridine rings is 1. The molecule has 3 saturated heterocycles. The van der Waals surface area contributed by atoms with Crippen molar-refractivity contribution in [1.82, 2.24) is 25.0 Å². The molecule has 166 valence electrons. The minimum atomic E-state index is 0.175. The SMILES string of the molecule is O=C(NCCN1CCCCC1)[C@@H]1CCCN(C2CCN(Cc3cccnc3)CC2)C1. The van der Waals surface area contributed by atoms with Gasteiger partial charge in [-0.3, -0.25) is 19.6 Å². The zero-order valence-corrected chi connectivity index (χ0v) is 18.5. The number of hydrogen-bond acceptors (Lipinski definition) is 5. The maximum absolute atomic E-state index is 12.8. The number of carbonyl (C=O) groups is 1. The van der Waals surface area contributed by atoms with Crippen LogP contribution in [0.25, 0.3) is 0 Å². The Kier molecular flexibility index (Phi) is 8.12. The highest BCUT2D eigenvalue weighted by Gasteiger charge is 2.31. The van der Waals surface area contributed by atoms with Gasteiger partial charge in [0.25, 0.3) is 0 Å². The van der Waals surface area contributed by atoms with Crippen molar-refractivity contribution in [2.45, 2.75) is 57.5 Å². The van der Waals surface area contributed by atoms with Gasteiger partial charge in [-0.05, 0) is 82.9 Å². The van der Waals surface area contributed by atoms with Gasteiger partial charge in [-0.2, -0.15) is 0 Å². The highest BCUT2D eigenvalue weighted by Crippen LogP contribution is 2.24. The van der Waals surface area contributed by atoms with Crippen LogP contribution in [0.1, 0.15) is 50.5 Å². The molecule has 0 saturated carbocycles. The Morgan fingerprint density at radius 3 is 2.60 bits per heavy atom. The van der Waals surface area contributed by atoms with Crippen molar-refractivity contribution in [2.75, 3.05) is 52.4 Å². The van der Waals surface area contributed by atoms with E-state index < -0.39 is 0 Å². The van der Waals surface area contributed by atoms with E-state index in [1.807, 2.05) is 18.5 Å². The molecule has 1 aromatic heterocycles. The van der Waals surface area contributed by atoms with Gasteiger partial charge in [-0.25, -0.2) is 0 Å². The molecule has 0 bridgehead atoms. The van der Waals surface area contributed by atoms with Crippen molar-refractivity contribution in [1.29, 1.82) is 0 Å². The van der Waals surface area contributed by atoms with E-state index in [0.29, 0.717) is 6.04 Å². The first-order valence-corrected chi connectivity index (χ1v) is 12.1. The summed E-state index contributed by atoms with van der Waals surface area (Å²) in [6, 6.07) is 4.82. The van der Waals surface area contributed by atoms with Crippen LogP contribution in [-0.4, -0.2) is 84.0 Å². The summed E-state index contributed by atoms with van der Waals surface area (Å²) in [6.07, 6.45) is 12.4. The number of carbonyl (C=O) groups excluding carboxylic acids is 1. The Morgan fingerprint density at radius 1 is 1.00 bits per heavy atom. The highest BCUT2D eigenvalue weighted by atomic mass is 16.1. The molecule has 0 aliphatic carbocycles. The number of amides is 1. The molecule has 1 atom stereocenters. The fourth-order valence-corrected chi connectivity index (χ4v) is 5.41. The lowest BCUT2D eigenvalue weighted by Gasteiger charge is -2.42. The number of rotatable bonds is 7. The van der Waals surface area contributed by atoms with Crippen LogP contribution < -0.4 is 5.32 Å². The summed E-state index contributed by atoms with van der Waals surface area (Å²) in [7, 11) is 0. The summed E-state index contributed by atoms with van der Waals surface area (Å²) >= 11 is 0. The van der Waals surface area contributed by atoms with E-state index in [-0.39, 0.29) is 11.8 Å². The fraction of sp³-hybridized carbons (Fsp3) is 0.750. The molecule has 0 unspecified atom stereocenters. The van der Waals surface area contributed by atoms with Crippen LogP contribution in [0, 0.1) is 5.92 Å². The van der Waals surface area contributed by atoms with Gasteiger partial charge < -0.3 is 10.2 Å². The highest BCUT2D eigenvalue weighted by molar-refractivity contribution is 5.78. The summed E-state index contributed by atoms with van der Waals surface area (Å²) in [5.41, 5.74) is 1.30. The molecule has 0 radical (unpaired) electrons. The second kappa shape index (κ2) is 11.2. The molecule has 6 nitrogen and oxygen atoms in total. The van der Waals surface area contributed by atoms with E-state index in [4.69, 9.17) is 0 Å². The number of aromatic nitrogens is 1. The maximum atomic E-state index is 12.8. The van der Waals surface area contributed by atoms with Gasteiger partial charge in [0.2, 0.25) is 5.91 Å². The quantitative estimate of drug-likeness (QED) is 0.744. The normalized spacial score (nSPS) is 25.3. The standard InChI is InChI=1S/C24H39N5O/c30-24(26-11-17-27-12-2-1-3-13-27)22-7-5-14-29(20-22)23-8-15-28(16-9-23)19-21-6-4-10-25-18-21/h4,6,10,18,22-23H,1-3,5,7-9,11-17,19-20H2,(H,26,30)/t22-/m1/s1. The molecule has 1 N–H and O–H groups in total. The zero-order valence-electron chi connectivity index (χ0n) is 18.5. The Labute approximate surface area is 182 Å². The third-order valence-electron chi connectivity index (χ3n) is 7.20. The van der Waals surface area contributed by atoms with E-state index in [1.165, 1.54) is 50.8 Å². The lowest BCUT2D eigenvalue weighted by molar-refractivity contribution is -0.127. The molecule has 3 aliphatic heterocycles. The molecule has 1 aromatic rings. The maximum Gasteiger partial charge on any atom is 0.224 e. The first-order valence-electron chi connectivity index (χ1n) is 12.1. The number of hydrogen-bond donors (Lipinski definition) is 1. The zero-order chi connectivity index (χ0) is 20.6. The molecular weight excluding hydrogens is 374 g/mol. The molecule has 0 aromatic carbocycles. The molecule has 4 heterocycles. The Balaban J connectivity index is 1.17. The third-order valence-corrected chi connectivity index (χ3v) is 7.20. The molecular formula is C24H39N5O. The summed E-state index contributed by atoms with van der Waals surface area (Å²) in [6.45, 7) is 9.61. The predicted molar refractivity (Wildman–Crippen MR) is 120 cm³/mol. The van der Waals surface area contributed by atoms with Gasteiger partial charge in [0, 0.05) is 44.6 Å². The predicted octanol–water partition coefficient (Wildman–Crippen LogP) is 2.36. The van der Waals surface area contributed by atoms with Crippen molar-refractivity contribution in [3.63, 3.8) is 0 Å².